The van der Waals surface area contributed by atoms with Crippen LogP contribution < -0.4 is 0 Å². The Morgan fingerprint density at radius 2 is 1.00 bits per heavy atom. The zero-order valence-electron chi connectivity index (χ0n) is 25.8. The van der Waals surface area contributed by atoms with Crippen LogP contribution in [-0.2, 0) is 0 Å². The van der Waals surface area contributed by atoms with E-state index in [1.54, 1.807) is 0 Å². The van der Waals surface area contributed by atoms with Gasteiger partial charge >= 0.3 is 0 Å². The first-order chi connectivity index (χ1) is 23.8. The normalized spacial score (nSPS) is 12.2. The topological polar surface area (TPSA) is 35.1 Å². The van der Waals surface area contributed by atoms with Crippen LogP contribution in [0.2, 0.25) is 0 Å². The lowest BCUT2D eigenvalue weighted by atomic mass is 10.0. The quantitative estimate of drug-likeness (QED) is 0.199. The molecule has 4 nitrogen and oxygen atoms in total. The maximum absolute atomic E-state index is 5.36. The molecule has 0 aliphatic rings. The summed E-state index contributed by atoms with van der Waals surface area (Å²) in [4.78, 5) is 10.7. The van der Waals surface area contributed by atoms with E-state index in [1.165, 1.54) is 59.6 Å². The van der Waals surface area contributed by atoms with Crippen LogP contribution in [0.4, 0.5) is 0 Å². The standard InChI is InChI=1S/C44H26N4/c1-2-12-28(13-3-1)35-26-36(30-22-21-27-11-4-5-14-29(27)25-30)46-44(45-35)48-39-20-10-17-33-31-15-6-8-18-37(31)47-38-19-9-7-16-32(38)34-23-24-40(48)42(41(33)39)43(34)47/h1-26H. The third-order valence-electron chi connectivity index (χ3n) is 10.1. The fourth-order valence-electron chi connectivity index (χ4n) is 7.97. The molecule has 0 aliphatic heterocycles. The molecule has 4 aromatic heterocycles. The van der Waals surface area contributed by atoms with Gasteiger partial charge in [-0.15, -0.1) is 0 Å². The molecule has 0 saturated carbocycles. The van der Waals surface area contributed by atoms with Crippen molar-refractivity contribution in [3.63, 3.8) is 0 Å². The Bertz CT molecular complexity index is 3060. The number of aromatic nitrogens is 4. The number of benzene rings is 7. The van der Waals surface area contributed by atoms with Crippen LogP contribution in [0.1, 0.15) is 0 Å². The van der Waals surface area contributed by atoms with Gasteiger partial charge in [0, 0.05) is 38.1 Å². The molecule has 11 aromatic rings. The SMILES string of the molecule is c1ccc(-c2cc(-c3ccc4ccccc4c3)nc(-n3c4cccc5c6ccccc6n6c7ccccc7c7ccc3c(c54)c76)n2)cc1. The van der Waals surface area contributed by atoms with Gasteiger partial charge in [0.2, 0.25) is 5.95 Å². The summed E-state index contributed by atoms with van der Waals surface area (Å²) in [6.07, 6.45) is 0. The van der Waals surface area contributed by atoms with Crippen LogP contribution in [-0.4, -0.2) is 18.9 Å². The lowest BCUT2D eigenvalue weighted by Crippen LogP contribution is -2.04. The highest BCUT2D eigenvalue weighted by atomic mass is 15.2. The molecular formula is C44H26N4. The monoisotopic (exact) mass is 610 g/mol. The van der Waals surface area contributed by atoms with E-state index in [2.05, 4.69) is 161 Å². The summed E-state index contributed by atoms with van der Waals surface area (Å²) in [6.45, 7) is 0. The van der Waals surface area contributed by atoms with Crippen molar-refractivity contribution in [2.24, 2.45) is 0 Å². The fourth-order valence-corrected chi connectivity index (χ4v) is 7.97. The van der Waals surface area contributed by atoms with E-state index in [0.717, 1.165) is 33.5 Å². The van der Waals surface area contributed by atoms with Gasteiger partial charge in [-0.1, -0.05) is 121 Å². The predicted molar refractivity (Wildman–Crippen MR) is 199 cm³/mol. The van der Waals surface area contributed by atoms with E-state index in [0.29, 0.717) is 5.95 Å². The van der Waals surface area contributed by atoms with Gasteiger partial charge in [-0.2, -0.15) is 0 Å². The van der Waals surface area contributed by atoms with Gasteiger partial charge in [0.25, 0.3) is 0 Å². The number of rotatable bonds is 3. The Hall–Kier alpha value is -6.52. The zero-order valence-corrected chi connectivity index (χ0v) is 25.8. The molecule has 4 heterocycles. The zero-order chi connectivity index (χ0) is 31.3. The molecule has 0 aliphatic carbocycles. The Balaban J connectivity index is 1.31. The highest BCUT2D eigenvalue weighted by Gasteiger charge is 2.24. The van der Waals surface area contributed by atoms with Crippen molar-refractivity contribution >= 4 is 70.7 Å². The molecule has 4 heteroatoms. The summed E-state index contributed by atoms with van der Waals surface area (Å²) in [7, 11) is 0. The Labute approximate surface area is 275 Å². The molecule has 0 saturated heterocycles. The predicted octanol–water partition coefficient (Wildman–Crippen LogP) is 11.2. The minimum Gasteiger partial charge on any atom is -0.308 e. The van der Waals surface area contributed by atoms with Gasteiger partial charge in [-0.05, 0) is 52.6 Å². The van der Waals surface area contributed by atoms with Crippen LogP contribution in [0.5, 0.6) is 0 Å². The van der Waals surface area contributed by atoms with Gasteiger partial charge in [-0.3, -0.25) is 4.57 Å². The Morgan fingerprint density at radius 3 is 1.81 bits per heavy atom. The Kier molecular flexibility index (Phi) is 5.08. The van der Waals surface area contributed by atoms with Crippen LogP contribution in [0.3, 0.4) is 0 Å². The summed E-state index contributed by atoms with van der Waals surface area (Å²) in [6, 6.07) is 56.4. The molecule has 0 spiro atoms. The number of nitrogens with zero attached hydrogens (tertiary/aromatic N) is 4. The largest absolute Gasteiger partial charge is 0.308 e. The molecule has 222 valence electrons. The molecule has 7 aromatic carbocycles. The maximum Gasteiger partial charge on any atom is 0.235 e. The van der Waals surface area contributed by atoms with Crippen molar-refractivity contribution in [3.8, 4) is 28.5 Å². The van der Waals surface area contributed by atoms with E-state index in [4.69, 9.17) is 9.97 Å². The van der Waals surface area contributed by atoms with Gasteiger partial charge in [0.1, 0.15) is 0 Å². The molecule has 0 amide bonds. The van der Waals surface area contributed by atoms with Crippen molar-refractivity contribution in [1.29, 1.82) is 0 Å². The van der Waals surface area contributed by atoms with E-state index in [-0.39, 0.29) is 0 Å². The minimum absolute atomic E-state index is 0.660. The minimum atomic E-state index is 0.660. The molecule has 0 N–H and O–H groups in total. The van der Waals surface area contributed by atoms with Crippen molar-refractivity contribution in [2.75, 3.05) is 0 Å². The van der Waals surface area contributed by atoms with Crippen LogP contribution in [0, 0.1) is 0 Å². The van der Waals surface area contributed by atoms with E-state index < -0.39 is 0 Å². The fraction of sp³-hybridized carbons (Fsp3) is 0. The van der Waals surface area contributed by atoms with Gasteiger partial charge in [0.15, 0.2) is 0 Å². The molecule has 11 rings (SSSR count). The summed E-state index contributed by atoms with van der Waals surface area (Å²) < 4.78 is 4.74. The number of hydrogen-bond acceptors (Lipinski definition) is 2. The molecule has 0 atom stereocenters. The van der Waals surface area contributed by atoms with Crippen LogP contribution in [0.25, 0.3) is 99.1 Å². The van der Waals surface area contributed by atoms with E-state index in [1.807, 2.05) is 6.07 Å². The average molecular weight is 611 g/mol. The number of para-hydroxylation sites is 2. The van der Waals surface area contributed by atoms with Gasteiger partial charge in [0.05, 0.1) is 39.0 Å². The lowest BCUT2D eigenvalue weighted by molar-refractivity contribution is 0.996. The molecular weight excluding hydrogens is 585 g/mol. The maximum atomic E-state index is 5.36. The van der Waals surface area contributed by atoms with Crippen molar-refractivity contribution in [3.05, 3.63) is 158 Å². The first-order valence-electron chi connectivity index (χ1n) is 16.3. The highest BCUT2D eigenvalue weighted by molar-refractivity contribution is 6.33. The average Bonchev–Trinajstić information content (AvgIpc) is 3.63. The smallest absolute Gasteiger partial charge is 0.235 e. The van der Waals surface area contributed by atoms with Crippen molar-refractivity contribution in [1.82, 2.24) is 18.9 Å². The summed E-state index contributed by atoms with van der Waals surface area (Å²) >= 11 is 0. The number of fused-ring (bicyclic) bond motifs is 7. The molecule has 0 unspecified atom stereocenters. The van der Waals surface area contributed by atoms with Crippen LogP contribution >= 0.6 is 0 Å². The highest BCUT2D eigenvalue weighted by Crippen LogP contribution is 2.45. The first-order valence-corrected chi connectivity index (χ1v) is 16.3. The van der Waals surface area contributed by atoms with Crippen molar-refractivity contribution in [2.45, 2.75) is 0 Å². The summed E-state index contributed by atoms with van der Waals surface area (Å²) in [5, 5.41) is 9.80. The third-order valence-corrected chi connectivity index (χ3v) is 10.1. The van der Waals surface area contributed by atoms with Gasteiger partial charge < -0.3 is 4.40 Å². The van der Waals surface area contributed by atoms with Crippen LogP contribution in [0.15, 0.2) is 158 Å². The molecule has 0 radical (unpaired) electrons. The third kappa shape index (κ3) is 3.43. The summed E-state index contributed by atoms with van der Waals surface area (Å²) in [5.74, 6) is 0.660. The van der Waals surface area contributed by atoms with Crippen molar-refractivity contribution < 1.29 is 0 Å². The second kappa shape index (κ2) is 9.50. The molecule has 0 fully saturated rings. The second-order valence-electron chi connectivity index (χ2n) is 12.6. The molecule has 48 heavy (non-hydrogen) atoms. The van der Waals surface area contributed by atoms with E-state index >= 15 is 0 Å². The number of hydrogen-bond donors (Lipinski definition) is 0. The summed E-state index contributed by atoms with van der Waals surface area (Å²) in [5.41, 5.74) is 9.73. The van der Waals surface area contributed by atoms with Gasteiger partial charge in [-0.25, -0.2) is 9.97 Å². The Morgan fingerprint density at radius 1 is 0.375 bits per heavy atom. The molecule has 0 bridgehead atoms. The first kappa shape index (κ1) is 25.6. The second-order valence-corrected chi connectivity index (χ2v) is 12.6. The lowest BCUT2D eigenvalue weighted by Gasteiger charge is -2.12. The van der Waals surface area contributed by atoms with E-state index in [9.17, 15) is 0 Å².